The Balaban J connectivity index is 1.24. The fourth-order valence-corrected chi connectivity index (χ4v) is 8.23. The molecule has 8 heteroatoms. The summed E-state index contributed by atoms with van der Waals surface area (Å²) in [5, 5.41) is 0. The molecule has 0 aromatic heterocycles. The first-order valence-electron chi connectivity index (χ1n) is 11.7. The minimum Gasteiger partial charge on any atom is -0.451 e. The number of hydrogen-bond acceptors (Lipinski definition) is 6. The van der Waals surface area contributed by atoms with Crippen LogP contribution in [0.25, 0.3) is 0 Å². The van der Waals surface area contributed by atoms with E-state index in [0.717, 1.165) is 19.3 Å². The molecule has 0 N–H and O–H groups in total. The van der Waals surface area contributed by atoms with Crippen molar-refractivity contribution in [2.24, 2.45) is 23.2 Å². The van der Waals surface area contributed by atoms with Crippen molar-refractivity contribution >= 4 is 21.8 Å². The van der Waals surface area contributed by atoms with E-state index in [9.17, 15) is 18.0 Å². The SMILES string of the molecule is C[C@@H](OC(=O)c1ccc(S(=O)(=O)N2CCOCC2)cc1)C(=O)C12CC3CC(CC(C3)C1)C2. The highest BCUT2D eigenvalue weighted by atomic mass is 32.2. The van der Waals surface area contributed by atoms with Crippen LogP contribution in [0, 0.1) is 23.2 Å². The van der Waals surface area contributed by atoms with Crippen LogP contribution in [0.4, 0.5) is 0 Å². The quantitative estimate of drug-likeness (QED) is 0.605. The first-order chi connectivity index (χ1) is 15.3. The van der Waals surface area contributed by atoms with Crippen LogP contribution in [0.3, 0.4) is 0 Å². The second kappa shape index (κ2) is 8.22. The van der Waals surface area contributed by atoms with Gasteiger partial charge < -0.3 is 9.47 Å². The Labute approximate surface area is 189 Å². The molecule has 174 valence electrons. The maximum absolute atomic E-state index is 13.4. The van der Waals surface area contributed by atoms with Gasteiger partial charge in [0.05, 0.1) is 23.7 Å². The molecule has 6 rings (SSSR count). The standard InChI is InChI=1S/C24H31NO6S/c1-16(22(26)24-13-17-10-18(14-24)12-19(11-17)15-24)31-23(27)20-2-4-21(5-3-20)32(28,29)25-6-8-30-9-7-25/h2-5,16-19H,6-15H2,1H3/t16-,17?,18?,19?,24?/m1/s1. The molecule has 5 fully saturated rings. The molecule has 1 heterocycles. The number of benzene rings is 1. The highest BCUT2D eigenvalue weighted by Gasteiger charge is 2.55. The number of ether oxygens (including phenoxy) is 2. The lowest BCUT2D eigenvalue weighted by molar-refractivity contribution is -0.152. The summed E-state index contributed by atoms with van der Waals surface area (Å²) in [5.41, 5.74) is -0.0686. The zero-order valence-electron chi connectivity index (χ0n) is 18.5. The number of sulfonamides is 1. The molecule has 4 aliphatic carbocycles. The average Bonchev–Trinajstić information content (AvgIpc) is 2.78. The lowest BCUT2D eigenvalue weighted by Gasteiger charge is -2.56. The van der Waals surface area contributed by atoms with Crippen molar-refractivity contribution in [3.05, 3.63) is 29.8 Å². The molecule has 1 aliphatic heterocycles. The summed E-state index contributed by atoms with van der Waals surface area (Å²) in [4.78, 5) is 26.2. The van der Waals surface area contributed by atoms with Gasteiger partial charge in [-0.2, -0.15) is 4.31 Å². The summed E-state index contributed by atoms with van der Waals surface area (Å²) in [6.07, 6.45) is 5.77. The summed E-state index contributed by atoms with van der Waals surface area (Å²) in [6, 6.07) is 5.76. The van der Waals surface area contributed by atoms with Gasteiger partial charge in [0.2, 0.25) is 10.0 Å². The Hall–Kier alpha value is -1.77. The fraction of sp³-hybridized carbons (Fsp3) is 0.667. The van der Waals surface area contributed by atoms with Crippen LogP contribution in [0.15, 0.2) is 29.2 Å². The lowest BCUT2D eigenvalue weighted by Crippen LogP contribution is -2.52. The number of ketones is 1. The van der Waals surface area contributed by atoms with Gasteiger partial charge in [0.25, 0.3) is 0 Å². The number of rotatable bonds is 6. The average molecular weight is 462 g/mol. The van der Waals surface area contributed by atoms with Gasteiger partial charge in [-0.05, 0) is 87.5 Å². The summed E-state index contributed by atoms with van der Waals surface area (Å²) in [6.45, 7) is 3.06. The van der Waals surface area contributed by atoms with Crippen LogP contribution in [0.5, 0.6) is 0 Å². The van der Waals surface area contributed by atoms with Crippen molar-refractivity contribution in [1.82, 2.24) is 4.31 Å². The Morgan fingerprint density at radius 2 is 1.53 bits per heavy atom. The Bertz CT molecular complexity index is 961. The van der Waals surface area contributed by atoms with Gasteiger partial charge in [0.15, 0.2) is 11.9 Å². The van der Waals surface area contributed by atoms with E-state index in [1.807, 2.05) is 0 Å². The highest BCUT2D eigenvalue weighted by molar-refractivity contribution is 7.89. The number of hydrogen-bond donors (Lipinski definition) is 0. The van der Waals surface area contributed by atoms with Gasteiger partial charge in [-0.15, -0.1) is 0 Å². The van der Waals surface area contributed by atoms with E-state index in [1.165, 1.54) is 47.8 Å². The van der Waals surface area contributed by atoms with Crippen molar-refractivity contribution in [3.63, 3.8) is 0 Å². The summed E-state index contributed by atoms with van der Waals surface area (Å²) in [5.74, 6) is 1.42. The van der Waals surface area contributed by atoms with Crippen LogP contribution in [-0.2, 0) is 24.3 Å². The highest BCUT2D eigenvalue weighted by Crippen LogP contribution is 2.60. The number of carbonyl (C=O) groups excluding carboxylic acids is 2. The number of esters is 1. The third-order valence-electron chi connectivity index (χ3n) is 7.91. The summed E-state index contributed by atoms with van der Waals surface area (Å²) in [7, 11) is -3.62. The molecule has 1 aromatic carbocycles. The van der Waals surface area contributed by atoms with Gasteiger partial charge in [-0.1, -0.05) is 0 Å². The number of morpholine rings is 1. The number of carbonyl (C=O) groups is 2. The number of Topliss-reactive ketones (excluding diaryl/α,β-unsaturated/α-hetero) is 1. The van der Waals surface area contributed by atoms with Gasteiger partial charge in [-0.3, -0.25) is 4.79 Å². The minimum absolute atomic E-state index is 0.0662. The van der Waals surface area contributed by atoms with E-state index in [-0.39, 0.29) is 21.7 Å². The van der Waals surface area contributed by atoms with E-state index in [1.54, 1.807) is 6.92 Å². The molecule has 0 unspecified atom stereocenters. The zero-order chi connectivity index (χ0) is 22.5. The summed E-state index contributed by atoms with van der Waals surface area (Å²) >= 11 is 0. The van der Waals surface area contributed by atoms with Gasteiger partial charge in [0, 0.05) is 18.5 Å². The molecule has 1 saturated heterocycles. The predicted molar refractivity (Wildman–Crippen MR) is 117 cm³/mol. The Morgan fingerprint density at radius 1 is 1.00 bits per heavy atom. The van der Waals surface area contributed by atoms with Crippen molar-refractivity contribution < 1.29 is 27.5 Å². The monoisotopic (exact) mass is 461 g/mol. The molecule has 7 nitrogen and oxygen atoms in total. The molecular weight excluding hydrogens is 430 g/mol. The third-order valence-corrected chi connectivity index (χ3v) is 9.82. The topological polar surface area (TPSA) is 90.0 Å². The van der Waals surface area contributed by atoms with Crippen LogP contribution in [0.1, 0.15) is 55.8 Å². The molecule has 4 saturated carbocycles. The maximum atomic E-state index is 13.4. The molecule has 32 heavy (non-hydrogen) atoms. The Morgan fingerprint density at radius 3 is 2.06 bits per heavy atom. The second-order valence-electron chi connectivity index (χ2n) is 10.2. The maximum Gasteiger partial charge on any atom is 0.338 e. The Kier molecular flexibility index (Phi) is 5.66. The largest absolute Gasteiger partial charge is 0.451 e. The smallest absolute Gasteiger partial charge is 0.338 e. The predicted octanol–water partition coefficient (Wildman–Crippen LogP) is 3.04. The van der Waals surface area contributed by atoms with Crippen LogP contribution in [-0.4, -0.2) is 56.9 Å². The molecule has 1 aromatic rings. The molecule has 1 atom stereocenters. The molecule has 0 amide bonds. The lowest BCUT2D eigenvalue weighted by atomic mass is 9.48. The van der Waals surface area contributed by atoms with Crippen molar-refractivity contribution in [3.8, 4) is 0 Å². The molecule has 5 aliphatic rings. The van der Waals surface area contributed by atoms with Gasteiger partial charge in [-0.25, -0.2) is 13.2 Å². The van der Waals surface area contributed by atoms with Crippen LogP contribution in [0.2, 0.25) is 0 Å². The molecule has 0 radical (unpaired) electrons. The van der Waals surface area contributed by atoms with Crippen molar-refractivity contribution in [2.75, 3.05) is 26.3 Å². The summed E-state index contributed by atoms with van der Waals surface area (Å²) < 4.78 is 37.7. The minimum atomic E-state index is -3.62. The first-order valence-corrected chi connectivity index (χ1v) is 13.1. The van der Waals surface area contributed by atoms with Crippen molar-refractivity contribution in [2.45, 2.75) is 56.4 Å². The van der Waals surface area contributed by atoms with Gasteiger partial charge >= 0.3 is 5.97 Å². The van der Waals surface area contributed by atoms with E-state index >= 15 is 0 Å². The number of nitrogens with zero attached hydrogens (tertiary/aromatic N) is 1. The van der Waals surface area contributed by atoms with E-state index in [4.69, 9.17) is 9.47 Å². The first kappa shape index (κ1) is 22.0. The molecule has 4 bridgehead atoms. The molecule has 0 spiro atoms. The third kappa shape index (κ3) is 3.90. The van der Waals surface area contributed by atoms with E-state index in [2.05, 4.69) is 0 Å². The fourth-order valence-electron chi connectivity index (χ4n) is 6.82. The second-order valence-corrected chi connectivity index (χ2v) is 12.1. The van der Waals surface area contributed by atoms with E-state index < -0.39 is 22.1 Å². The van der Waals surface area contributed by atoms with Gasteiger partial charge in [0.1, 0.15) is 0 Å². The zero-order valence-corrected chi connectivity index (χ0v) is 19.3. The molecular formula is C24H31NO6S. The normalized spacial score (nSPS) is 33.1. The van der Waals surface area contributed by atoms with E-state index in [0.29, 0.717) is 44.1 Å². The van der Waals surface area contributed by atoms with Crippen LogP contribution >= 0.6 is 0 Å². The van der Waals surface area contributed by atoms with Crippen molar-refractivity contribution in [1.29, 1.82) is 0 Å². The van der Waals surface area contributed by atoms with Crippen LogP contribution < -0.4 is 0 Å².